The molecular weight excluding hydrogens is 525 g/mol. The summed E-state index contributed by atoms with van der Waals surface area (Å²) in [6.45, 7) is 4.62. The number of hydrogen-bond acceptors (Lipinski definition) is 2. The van der Waals surface area contributed by atoms with Crippen molar-refractivity contribution in [2.45, 2.75) is 19.3 Å². The molecule has 0 bridgehead atoms. The topological polar surface area (TPSA) is 45.4 Å². The minimum absolute atomic E-state index is 0.191. The van der Waals surface area contributed by atoms with Gasteiger partial charge < -0.3 is 14.6 Å². The molecule has 0 unspecified atom stereocenters. The van der Waals surface area contributed by atoms with Crippen LogP contribution in [0.2, 0.25) is 0 Å². The van der Waals surface area contributed by atoms with Gasteiger partial charge in [-0.3, -0.25) is 0 Å². The SMILES string of the molecule is CC1(C)c2cc(-c3ccccc3)ccc2-c2cc3c(cc21)c1cc(B(O)O)ccc1n3-c1ccc(-c2ccccc2)cc1. The van der Waals surface area contributed by atoms with Crippen LogP contribution in [0, 0.1) is 0 Å². The number of nitrogens with zero attached hydrogens (tertiary/aromatic N) is 1. The molecule has 1 aromatic heterocycles. The van der Waals surface area contributed by atoms with Crippen LogP contribution in [0.4, 0.5) is 0 Å². The number of rotatable bonds is 4. The average Bonchev–Trinajstić information content (AvgIpc) is 3.48. The van der Waals surface area contributed by atoms with Gasteiger partial charge in [-0.1, -0.05) is 111 Å². The van der Waals surface area contributed by atoms with E-state index in [4.69, 9.17) is 0 Å². The lowest BCUT2D eigenvalue weighted by Crippen LogP contribution is -2.29. The van der Waals surface area contributed by atoms with Crippen molar-refractivity contribution in [3.05, 3.63) is 145 Å². The molecule has 1 heterocycles. The van der Waals surface area contributed by atoms with E-state index in [1.807, 2.05) is 18.2 Å². The van der Waals surface area contributed by atoms with Gasteiger partial charge in [0, 0.05) is 21.9 Å². The molecule has 3 nitrogen and oxygen atoms in total. The van der Waals surface area contributed by atoms with E-state index in [0.29, 0.717) is 5.46 Å². The lowest BCUT2D eigenvalue weighted by atomic mass is 9.79. The first-order valence-corrected chi connectivity index (χ1v) is 14.7. The number of hydrogen-bond donors (Lipinski definition) is 2. The number of aromatic nitrogens is 1. The lowest BCUT2D eigenvalue weighted by Gasteiger charge is -2.22. The van der Waals surface area contributed by atoms with E-state index in [9.17, 15) is 10.0 Å². The van der Waals surface area contributed by atoms with Gasteiger partial charge in [0.25, 0.3) is 0 Å². The Morgan fingerprint density at radius 2 is 1.09 bits per heavy atom. The highest BCUT2D eigenvalue weighted by Gasteiger charge is 2.36. The maximum Gasteiger partial charge on any atom is 0.488 e. The fourth-order valence-corrected chi connectivity index (χ4v) is 6.95. The monoisotopic (exact) mass is 555 g/mol. The molecule has 1 aliphatic rings. The minimum Gasteiger partial charge on any atom is -0.423 e. The Morgan fingerprint density at radius 3 is 1.77 bits per heavy atom. The normalized spacial score (nSPS) is 13.3. The Hall–Kier alpha value is -4.90. The summed E-state index contributed by atoms with van der Waals surface area (Å²) in [6.07, 6.45) is 0. The van der Waals surface area contributed by atoms with Crippen LogP contribution in [0.1, 0.15) is 25.0 Å². The zero-order valence-corrected chi connectivity index (χ0v) is 24.1. The summed E-state index contributed by atoms with van der Waals surface area (Å²) in [5, 5.41) is 22.2. The third-order valence-electron chi connectivity index (χ3n) is 9.22. The summed E-state index contributed by atoms with van der Waals surface area (Å²) in [5.41, 5.74) is 13.4. The summed E-state index contributed by atoms with van der Waals surface area (Å²) in [5.74, 6) is 0. The zero-order valence-electron chi connectivity index (χ0n) is 24.1. The van der Waals surface area contributed by atoms with Crippen LogP contribution < -0.4 is 5.46 Å². The van der Waals surface area contributed by atoms with E-state index in [1.54, 1.807) is 6.07 Å². The van der Waals surface area contributed by atoms with Crippen LogP contribution in [-0.4, -0.2) is 21.7 Å². The van der Waals surface area contributed by atoms with Crippen molar-refractivity contribution in [1.82, 2.24) is 4.57 Å². The van der Waals surface area contributed by atoms with E-state index in [1.165, 1.54) is 44.5 Å². The minimum atomic E-state index is -1.53. The van der Waals surface area contributed by atoms with E-state index < -0.39 is 7.12 Å². The average molecular weight is 555 g/mol. The van der Waals surface area contributed by atoms with Crippen LogP contribution in [0.5, 0.6) is 0 Å². The predicted molar refractivity (Wildman–Crippen MR) is 179 cm³/mol. The quantitative estimate of drug-likeness (QED) is 0.216. The van der Waals surface area contributed by atoms with Crippen LogP contribution in [0.15, 0.2) is 133 Å². The molecule has 0 radical (unpaired) electrons. The molecule has 0 spiro atoms. The van der Waals surface area contributed by atoms with Crippen molar-refractivity contribution in [3.8, 4) is 39.1 Å². The van der Waals surface area contributed by atoms with Crippen molar-refractivity contribution < 1.29 is 10.0 Å². The molecule has 0 saturated carbocycles. The summed E-state index contributed by atoms with van der Waals surface area (Å²) >= 11 is 0. The largest absolute Gasteiger partial charge is 0.488 e. The Balaban J connectivity index is 1.36. The summed E-state index contributed by atoms with van der Waals surface area (Å²) < 4.78 is 2.30. The van der Waals surface area contributed by atoms with Crippen molar-refractivity contribution in [3.63, 3.8) is 0 Å². The molecule has 0 fully saturated rings. The fraction of sp³-hybridized carbons (Fsp3) is 0.0769. The van der Waals surface area contributed by atoms with Gasteiger partial charge in [0.1, 0.15) is 0 Å². The second-order valence-electron chi connectivity index (χ2n) is 12.1. The van der Waals surface area contributed by atoms with Gasteiger partial charge >= 0.3 is 7.12 Å². The Kier molecular flexibility index (Phi) is 5.74. The van der Waals surface area contributed by atoms with Gasteiger partial charge in [-0.05, 0) is 86.4 Å². The second kappa shape index (κ2) is 9.57. The zero-order chi connectivity index (χ0) is 29.3. The van der Waals surface area contributed by atoms with Gasteiger partial charge in [0.05, 0.1) is 11.0 Å². The van der Waals surface area contributed by atoms with Gasteiger partial charge in [-0.25, -0.2) is 0 Å². The highest BCUT2D eigenvalue weighted by Crippen LogP contribution is 2.52. The molecule has 206 valence electrons. The van der Waals surface area contributed by atoms with Crippen molar-refractivity contribution in [2.24, 2.45) is 0 Å². The molecule has 6 aromatic carbocycles. The molecule has 43 heavy (non-hydrogen) atoms. The predicted octanol–water partition coefficient (Wildman–Crippen LogP) is 8.10. The number of fused-ring (bicyclic) bond motifs is 6. The van der Waals surface area contributed by atoms with Crippen LogP contribution in [0.3, 0.4) is 0 Å². The molecular formula is C39H30BNO2. The first kappa shape index (κ1) is 25.8. The van der Waals surface area contributed by atoms with Crippen molar-refractivity contribution in [1.29, 1.82) is 0 Å². The van der Waals surface area contributed by atoms with Crippen molar-refractivity contribution in [2.75, 3.05) is 0 Å². The standard InChI is InChI=1S/C39H30BNO2/c1-39(2)35-21-28(26-11-7-4-8-12-26)15-19-31(35)32-24-38-34(23-36(32)39)33-22-29(40(42)43)16-20-37(33)41(38)30-17-13-27(14-18-30)25-9-5-3-6-10-25/h3-24,42-43H,1-2H3. The summed E-state index contributed by atoms with van der Waals surface area (Å²) in [7, 11) is -1.53. The smallest absolute Gasteiger partial charge is 0.423 e. The molecule has 0 atom stereocenters. The maximum absolute atomic E-state index is 10.0. The molecule has 0 aliphatic heterocycles. The van der Waals surface area contributed by atoms with E-state index in [2.05, 4.69) is 128 Å². The van der Waals surface area contributed by atoms with Gasteiger partial charge in [-0.15, -0.1) is 0 Å². The third-order valence-corrected chi connectivity index (χ3v) is 9.22. The van der Waals surface area contributed by atoms with Crippen LogP contribution >= 0.6 is 0 Å². The number of benzene rings is 6. The molecule has 4 heteroatoms. The summed E-state index contributed by atoms with van der Waals surface area (Å²) in [4.78, 5) is 0. The highest BCUT2D eigenvalue weighted by molar-refractivity contribution is 6.59. The molecule has 0 saturated heterocycles. The van der Waals surface area contributed by atoms with E-state index in [-0.39, 0.29) is 5.41 Å². The molecule has 1 aliphatic carbocycles. The van der Waals surface area contributed by atoms with Crippen LogP contribution in [0.25, 0.3) is 60.9 Å². The summed E-state index contributed by atoms with van der Waals surface area (Å²) in [6, 6.07) is 46.9. The molecule has 0 amide bonds. The Bertz CT molecular complexity index is 2160. The second-order valence-corrected chi connectivity index (χ2v) is 12.1. The van der Waals surface area contributed by atoms with Gasteiger partial charge in [0.15, 0.2) is 0 Å². The lowest BCUT2D eigenvalue weighted by molar-refractivity contribution is 0.426. The van der Waals surface area contributed by atoms with Crippen molar-refractivity contribution >= 4 is 34.4 Å². The molecule has 2 N–H and O–H groups in total. The first-order valence-electron chi connectivity index (χ1n) is 14.7. The third kappa shape index (κ3) is 3.99. The first-order chi connectivity index (χ1) is 20.9. The van der Waals surface area contributed by atoms with Gasteiger partial charge in [-0.2, -0.15) is 0 Å². The Morgan fingerprint density at radius 1 is 0.512 bits per heavy atom. The maximum atomic E-state index is 10.0. The van der Waals surface area contributed by atoms with Crippen LogP contribution in [-0.2, 0) is 5.41 Å². The molecule has 8 rings (SSSR count). The van der Waals surface area contributed by atoms with Gasteiger partial charge in [0.2, 0.25) is 0 Å². The molecule has 7 aromatic rings. The van der Waals surface area contributed by atoms with E-state index >= 15 is 0 Å². The fourth-order valence-electron chi connectivity index (χ4n) is 6.95. The Labute approximate surface area is 251 Å². The van der Waals surface area contributed by atoms with E-state index in [0.717, 1.165) is 27.5 Å². The highest BCUT2D eigenvalue weighted by atomic mass is 16.4.